The van der Waals surface area contributed by atoms with Crippen molar-refractivity contribution < 1.29 is 33.7 Å². The van der Waals surface area contributed by atoms with E-state index in [9.17, 15) is 19.5 Å². The molecule has 0 saturated heterocycles. The summed E-state index contributed by atoms with van der Waals surface area (Å²) in [7, 11) is 2.98. The van der Waals surface area contributed by atoms with Crippen LogP contribution in [0.5, 0.6) is 11.5 Å². The molecule has 0 saturated carbocycles. The van der Waals surface area contributed by atoms with Crippen LogP contribution < -0.4 is 9.47 Å². The third kappa shape index (κ3) is 3.83. The lowest BCUT2D eigenvalue weighted by molar-refractivity contribution is -0.162. The van der Waals surface area contributed by atoms with Crippen LogP contribution in [0.4, 0.5) is 0 Å². The van der Waals surface area contributed by atoms with Crippen molar-refractivity contribution in [2.75, 3.05) is 20.8 Å². The van der Waals surface area contributed by atoms with Gasteiger partial charge in [-0.3, -0.25) is 9.59 Å². The van der Waals surface area contributed by atoms with Crippen LogP contribution in [0.15, 0.2) is 48.5 Å². The lowest BCUT2D eigenvalue weighted by Gasteiger charge is -2.33. The van der Waals surface area contributed by atoms with Gasteiger partial charge in [-0.2, -0.15) is 0 Å². The number of methoxy groups -OCH3 is 2. The average molecular weight is 386 g/mol. The van der Waals surface area contributed by atoms with Gasteiger partial charge >= 0.3 is 11.9 Å². The summed E-state index contributed by atoms with van der Waals surface area (Å²) in [5.41, 5.74) is -1.14. The highest BCUT2D eigenvalue weighted by Gasteiger charge is 2.51. The second-order valence-corrected chi connectivity index (χ2v) is 5.97. The van der Waals surface area contributed by atoms with Gasteiger partial charge in [-0.25, -0.2) is 0 Å². The van der Waals surface area contributed by atoms with E-state index in [2.05, 4.69) is 0 Å². The number of carbonyl (C=O) groups is 3. The molecule has 0 aliphatic heterocycles. The molecule has 0 amide bonds. The standard InChI is InChI=1S/C21H22O7/c1-4-28-20(25)18(19(23)24)21(13-22,14-5-9-16(26-2)10-6-14)15-7-11-17(27-3)12-8-15/h5-13,18H,4H2,1-3H3,(H,23,24). The SMILES string of the molecule is CCOC(=O)C(C(=O)O)C(C=O)(c1ccc(OC)cc1)c1ccc(OC)cc1. The number of ether oxygens (including phenoxy) is 3. The molecule has 0 aromatic heterocycles. The number of hydrogen-bond donors (Lipinski definition) is 1. The summed E-state index contributed by atoms with van der Waals surface area (Å²) in [5.74, 6) is -3.17. The quantitative estimate of drug-likeness (QED) is 0.401. The van der Waals surface area contributed by atoms with Gasteiger partial charge in [0.2, 0.25) is 0 Å². The lowest BCUT2D eigenvalue weighted by atomic mass is 9.66. The maximum Gasteiger partial charge on any atom is 0.322 e. The highest BCUT2D eigenvalue weighted by Crippen LogP contribution is 2.40. The molecule has 0 heterocycles. The molecule has 7 heteroatoms. The van der Waals surface area contributed by atoms with Crippen LogP contribution in [0.3, 0.4) is 0 Å². The number of carboxylic acids is 1. The van der Waals surface area contributed by atoms with Crippen molar-refractivity contribution in [2.24, 2.45) is 5.92 Å². The first-order valence-electron chi connectivity index (χ1n) is 8.59. The Bertz CT molecular complexity index is 777. The van der Waals surface area contributed by atoms with Crippen molar-refractivity contribution in [1.82, 2.24) is 0 Å². The second-order valence-electron chi connectivity index (χ2n) is 5.97. The van der Waals surface area contributed by atoms with E-state index in [1.807, 2.05) is 0 Å². The smallest absolute Gasteiger partial charge is 0.322 e. The molecule has 1 unspecified atom stereocenters. The number of esters is 1. The number of carbonyl (C=O) groups excluding carboxylic acids is 2. The predicted molar refractivity (Wildman–Crippen MR) is 101 cm³/mol. The fourth-order valence-corrected chi connectivity index (χ4v) is 3.14. The Kier molecular flexibility index (Phi) is 6.76. The van der Waals surface area contributed by atoms with Gasteiger partial charge in [-0.1, -0.05) is 24.3 Å². The normalized spacial score (nSPS) is 12.0. The summed E-state index contributed by atoms with van der Waals surface area (Å²) in [6, 6.07) is 12.6. The Morgan fingerprint density at radius 3 is 1.68 bits per heavy atom. The topological polar surface area (TPSA) is 99.1 Å². The molecule has 1 atom stereocenters. The van der Waals surface area contributed by atoms with Gasteiger partial charge in [-0.15, -0.1) is 0 Å². The number of benzene rings is 2. The molecule has 7 nitrogen and oxygen atoms in total. The van der Waals surface area contributed by atoms with E-state index in [0.29, 0.717) is 28.9 Å². The summed E-state index contributed by atoms with van der Waals surface area (Å²) >= 11 is 0. The Morgan fingerprint density at radius 2 is 1.39 bits per heavy atom. The summed E-state index contributed by atoms with van der Waals surface area (Å²) in [6.45, 7) is 1.56. The monoisotopic (exact) mass is 386 g/mol. The van der Waals surface area contributed by atoms with Crippen LogP contribution in [0.25, 0.3) is 0 Å². The Labute approximate surface area is 162 Å². The molecule has 0 aliphatic carbocycles. The van der Waals surface area contributed by atoms with E-state index in [1.54, 1.807) is 55.5 Å². The first-order chi connectivity index (χ1) is 13.4. The molecule has 2 aromatic carbocycles. The Hall–Kier alpha value is -3.35. The largest absolute Gasteiger partial charge is 0.497 e. The Balaban J connectivity index is 2.77. The van der Waals surface area contributed by atoms with Gasteiger partial charge in [0.05, 0.1) is 26.2 Å². The summed E-state index contributed by atoms with van der Waals surface area (Å²) < 4.78 is 15.2. The number of hydrogen-bond acceptors (Lipinski definition) is 6. The highest BCUT2D eigenvalue weighted by molar-refractivity contribution is 6.02. The van der Waals surface area contributed by atoms with Crippen LogP contribution in [0, 0.1) is 5.92 Å². The maximum absolute atomic E-state index is 12.6. The summed E-state index contributed by atoms with van der Waals surface area (Å²) in [6.07, 6.45) is 0.478. The predicted octanol–water partition coefficient (Wildman–Crippen LogP) is 2.45. The summed E-state index contributed by atoms with van der Waals surface area (Å²) in [5, 5.41) is 9.85. The van der Waals surface area contributed by atoms with Gasteiger partial charge in [0.15, 0.2) is 5.92 Å². The van der Waals surface area contributed by atoms with E-state index in [0.717, 1.165) is 0 Å². The third-order valence-corrected chi connectivity index (χ3v) is 4.55. The minimum absolute atomic E-state index is 0.0111. The van der Waals surface area contributed by atoms with Gasteiger partial charge in [0.25, 0.3) is 0 Å². The lowest BCUT2D eigenvalue weighted by Crippen LogP contribution is -2.47. The molecule has 28 heavy (non-hydrogen) atoms. The van der Waals surface area contributed by atoms with E-state index >= 15 is 0 Å². The van der Waals surface area contributed by atoms with Crippen LogP contribution >= 0.6 is 0 Å². The molecule has 2 rings (SSSR count). The molecule has 0 radical (unpaired) electrons. The first-order valence-corrected chi connectivity index (χ1v) is 8.59. The molecule has 0 fully saturated rings. The van der Waals surface area contributed by atoms with Crippen molar-refractivity contribution in [1.29, 1.82) is 0 Å². The van der Waals surface area contributed by atoms with E-state index < -0.39 is 23.3 Å². The van der Waals surface area contributed by atoms with E-state index in [4.69, 9.17) is 14.2 Å². The van der Waals surface area contributed by atoms with Crippen molar-refractivity contribution in [3.8, 4) is 11.5 Å². The van der Waals surface area contributed by atoms with Crippen molar-refractivity contribution in [2.45, 2.75) is 12.3 Å². The van der Waals surface area contributed by atoms with Gasteiger partial charge in [0, 0.05) is 0 Å². The maximum atomic E-state index is 12.6. The first kappa shape index (κ1) is 21.0. The molecule has 1 N–H and O–H groups in total. The Morgan fingerprint density at radius 1 is 0.964 bits per heavy atom. The number of aliphatic carboxylic acids is 1. The molecular weight excluding hydrogens is 364 g/mol. The average Bonchev–Trinajstić information content (AvgIpc) is 2.72. The molecule has 2 aromatic rings. The van der Waals surface area contributed by atoms with Crippen LogP contribution in [-0.4, -0.2) is 44.2 Å². The number of carboxylic acid groups (broad SMARTS) is 1. The minimum Gasteiger partial charge on any atom is -0.497 e. The zero-order valence-electron chi connectivity index (χ0n) is 15.9. The minimum atomic E-state index is -1.80. The van der Waals surface area contributed by atoms with Gasteiger partial charge in [0.1, 0.15) is 17.8 Å². The summed E-state index contributed by atoms with van der Waals surface area (Å²) in [4.78, 5) is 37.1. The van der Waals surface area contributed by atoms with Gasteiger partial charge < -0.3 is 24.1 Å². The van der Waals surface area contributed by atoms with Crippen LogP contribution in [-0.2, 0) is 24.5 Å². The fraction of sp³-hybridized carbons (Fsp3) is 0.286. The zero-order chi connectivity index (χ0) is 20.7. The molecule has 0 spiro atoms. The van der Waals surface area contributed by atoms with Crippen molar-refractivity contribution in [3.05, 3.63) is 59.7 Å². The van der Waals surface area contributed by atoms with Crippen LogP contribution in [0.2, 0.25) is 0 Å². The highest BCUT2D eigenvalue weighted by atomic mass is 16.5. The zero-order valence-corrected chi connectivity index (χ0v) is 15.9. The van der Waals surface area contributed by atoms with E-state index in [1.165, 1.54) is 14.2 Å². The fourth-order valence-electron chi connectivity index (χ4n) is 3.14. The molecule has 0 bridgehead atoms. The van der Waals surface area contributed by atoms with Crippen molar-refractivity contribution in [3.63, 3.8) is 0 Å². The number of aldehydes is 1. The van der Waals surface area contributed by atoms with E-state index in [-0.39, 0.29) is 6.61 Å². The molecular formula is C21H22O7. The van der Waals surface area contributed by atoms with Crippen molar-refractivity contribution >= 4 is 18.2 Å². The van der Waals surface area contributed by atoms with Crippen LogP contribution in [0.1, 0.15) is 18.1 Å². The van der Waals surface area contributed by atoms with Gasteiger partial charge in [-0.05, 0) is 42.3 Å². The molecule has 0 aliphatic rings. The molecule has 148 valence electrons. The third-order valence-electron chi connectivity index (χ3n) is 4.55. The number of rotatable bonds is 9. The second kappa shape index (κ2) is 9.03.